The van der Waals surface area contributed by atoms with E-state index in [4.69, 9.17) is 21.1 Å². The Morgan fingerprint density at radius 3 is 3.04 bits per heavy atom. The zero-order valence-electron chi connectivity index (χ0n) is 15.0. The molecule has 0 N–H and O–H groups in total. The molecule has 1 aliphatic heterocycles. The molecule has 0 fully saturated rings. The summed E-state index contributed by atoms with van der Waals surface area (Å²) in [6.45, 7) is 4.03. The number of halogens is 1. The second kappa shape index (κ2) is 8.60. The van der Waals surface area contributed by atoms with Crippen molar-refractivity contribution in [2.24, 2.45) is 0 Å². The maximum atomic E-state index is 12.5. The Balaban J connectivity index is 1.72. The van der Waals surface area contributed by atoms with Crippen LogP contribution >= 0.6 is 22.9 Å². The fraction of sp³-hybridized carbons (Fsp3) is 0.350. The summed E-state index contributed by atoms with van der Waals surface area (Å²) in [4.78, 5) is 15.8. The van der Waals surface area contributed by atoms with Gasteiger partial charge in [-0.25, -0.2) is 0 Å². The van der Waals surface area contributed by atoms with Gasteiger partial charge in [0, 0.05) is 24.0 Å². The Kier molecular flexibility index (Phi) is 6.22. The molecule has 4 nitrogen and oxygen atoms in total. The molecule has 0 unspecified atom stereocenters. The minimum atomic E-state index is 0.00301. The van der Waals surface area contributed by atoms with Crippen LogP contribution in [0.15, 0.2) is 29.7 Å². The second-order valence-electron chi connectivity index (χ2n) is 6.09. The molecule has 0 spiro atoms. The third-order valence-corrected chi connectivity index (χ3v) is 5.54. The van der Waals surface area contributed by atoms with Crippen molar-refractivity contribution in [3.05, 3.63) is 50.7 Å². The van der Waals surface area contributed by atoms with Crippen molar-refractivity contribution in [1.82, 2.24) is 4.90 Å². The van der Waals surface area contributed by atoms with Gasteiger partial charge in [-0.15, -0.1) is 11.3 Å². The van der Waals surface area contributed by atoms with E-state index in [0.717, 1.165) is 24.9 Å². The van der Waals surface area contributed by atoms with Crippen LogP contribution in [0.4, 0.5) is 0 Å². The Morgan fingerprint density at radius 2 is 2.27 bits per heavy atom. The maximum Gasteiger partial charge on any atom is 0.246 e. The van der Waals surface area contributed by atoms with Crippen LogP contribution in [0.2, 0.25) is 5.02 Å². The van der Waals surface area contributed by atoms with Crippen molar-refractivity contribution in [2.75, 3.05) is 20.3 Å². The van der Waals surface area contributed by atoms with E-state index < -0.39 is 0 Å². The summed E-state index contributed by atoms with van der Waals surface area (Å²) in [5.74, 6) is 1.11. The number of fused-ring (bicyclic) bond motifs is 1. The van der Waals surface area contributed by atoms with Crippen LogP contribution in [0.1, 0.15) is 29.3 Å². The zero-order chi connectivity index (χ0) is 18.5. The maximum absolute atomic E-state index is 12.5. The molecule has 6 heteroatoms. The van der Waals surface area contributed by atoms with Crippen LogP contribution in [-0.4, -0.2) is 31.1 Å². The topological polar surface area (TPSA) is 38.8 Å². The summed E-state index contributed by atoms with van der Waals surface area (Å²) < 4.78 is 11.0. The third kappa shape index (κ3) is 4.22. The largest absolute Gasteiger partial charge is 0.493 e. The van der Waals surface area contributed by atoms with Gasteiger partial charge in [0.15, 0.2) is 11.5 Å². The van der Waals surface area contributed by atoms with Gasteiger partial charge in [-0.2, -0.15) is 0 Å². The lowest BCUT2D eigenvalue weighted by Crippen LogP contribution is -2.34. The van der Waals surface area contributed by atoms with Crippen LogP contribution < -0.4 is 9.47 Å². The summed E-state index contributed by atoms with van der Waals surface area (Å²) in [5.41, 5.74) is 2.06. The van der Waals surface area contributed by atoms with Crippen molar-refractivity contribution >= 4 is 34.9 Å². The molecule has 0 saturated carbocycles. The lowest BCUT2D eigenvalue weighted by Gasteiger charge is -2.25. The molecule has 1 aromatic carbocycles. The van der Waals surface area contributed by atoms with E-state index >= 15 is 0 Å². The molecule has 138 valence electrons. The van der Waals surface area contributed by atoms with Gasteiger partial charge in [0.1, 0.15) is 0 Å². The van der Waals surface area contributed by atoms with Crippen molar-refractivity contribution in [3.63, 3.8) is 0 Å². The number of benzene rings is 1. The number of rotatable bonds is 6. The number of methoxy groups -OCH3 is 1. The molecule has 1 amide bonds. The number of carbonyl (C=O) groups is 1. The predicted octanol–water partition coefficient (Wildman–Crippen LogP) is 4.80. The number of amides is 1. The standard InChI is InChI=1S/C20H22ClNO3S/c1-3-9-25-20-16(21)11-14(12-17(20)24-2)4-5-19(23)22-8-6-18-15(13-22)7-10-26-18/h4-5,7,10-12H,3,6,8-9,13H2,1-2H3/b5-4+. The molecule has 1 aliphatic rings. The highest BCUT2D eigenvalue weighted by Gasteiger charge is 2.20. The van der Waals surface area contributed by atoms with E-state index in [1.54, 1.807) is 36.7 Å². The first-order valence-corrected chi connectivity index (χ1v) is 9.90. The van der Waals surface area contributed by atoms with Crippen molar-refractivity contribution in [1.29, 1.82) is 0 Å². The Hall–Kier alpha value is -1.98. The molecule has 2 heterocycles. The van der Waals surface area contributed by atoms with Crippen LogP contribution in [0, 0.1) is 0 Å². The van der Waals surface area contributed by atoms with Gasteiger partial charge in [-0.1, -0.05) is 18.5 Å². The summed E-state index contributed by atoms with van der Waals surface area (Å²) in [6.07, 6.45) is 5.17. The highest BCUT2D eigenvalue weighted by Crippen LogP contribution is 2.37. The summed E-state index contributed by atoms with van der Waals surface area (Å²) in [6, 6.07) is 5.71. The lowest BCUT2D eigenvalue weighted by atomic mass is 10.1. The number of carbonyl (C=O) groups excluding carboxylic acids is 1. The first-order valence-electron chi connectivity index (χ1n) is 8.65. The molecule has 2 aromatic rings. The van der Waals surface area contributed by atoms with Gasteiger partial charge >= 0.3 is 0 Å². The molecule has 0 bridgehead atoms. The van der Waals surface area contributed by atoms with E-state index in [-0.39, 0.29) is 5.91 Å². The normalized spacial score (nSPS) is 13.7. The fourth-order valence-electron chi connectivity index (χ4n) is 2.89. The molecule has 1 aromatic heterocycles. The van der Waals surface area contributed by atoms with Crippen LogP contribution in [0.3, 0.4) is 0 Å². The number of hydrogen-bond donors (Lipinski definition) is 0. The van der Waals surface area contributed by atoms with Gasteiger partial charge in [-0.3, -0.25) is 4.79 Å². The summed E-state index contributed by atoms with van der Waals surface area (Å²) >= 11 is 8.09. The van der Waals surface area contributed by atoms with Crippen molar-refractivity contribution in [3.8, 4) is 11.5 Å². The minimum absolute atomic E-state index is 0.00301. The second-order valence-corrected chi connectivity index (χ2v) is 7.50. The van der Waals surface area contributed by atoms with Gasteiger partial charge < -0.3 is 14.4 Å². The zero-order valence-corrected chi connectivity index (χ0v) is 16.5. The fourth-order valence-corrected chi connectivity index (χ4v) is 4.05. The van der Waals surface area contributed by atoms with Gasteiger partial charge in [0.25, 0.3) is 0 Å². The van der Waals surface area contributed by atoms with Crippen molar-refractivity contribution in [2.45, 2.75) is 26.3 Å². The number of hydrogen-bond acceptors (Lipinski definition) is 4. The summed E-state index contributed by atoms with van der Waals surface area (Å²) in [5, 5.41) is 2.57. The van der Waals surface area contributed by atoms with Gasteiger partial charge in [-0.05, 0) is 53.6 Å². The molecular formula is C20H22ClNO3S. The van der Waals surface area contributed by atoms with E-state index in [1.807, 2.05) is 17.9 Å². The highest BCUT2D eigenvalue weighted by molar-refractivity contribution is 7.10. The highest BCUT2D eigenvalue weighted by atomic mass is 35.5. The number of ether oxygens (including phenoxy) is 2. The number of thiophene rings is 1. The average Bonchev–Trinajstić information content (AvgIpc) is 3.12. The smallest absolute Gasteiger partial charge is 0.246 e. The SMILES string of the molecule is CCCOc1c(Cl)cc(/C=C/C(=O)N2CCc3sccc3C2)cc1OC. The molecular weight excluding hydrogens is 370 g/mol. The van der Waals surface area contributed by atoms with E-state index in [1.165, 1.54) is 10.4 Å². The van der Waals surface area contributed by atoms with Gasteiger partial charge in [0.05, 0.1) is 18.7 Å². The molecule has 0 saturated heterocycles. The average molecular weight is 392 g/mol. The molecule has 0 atom stereocenters. The monoisotopic (exact) mass is 391 g/mol. The quantitative estimate of drug-likeness (QED) is 0.664. The summed E-state index contributed by atoms with van der Waals surface area (Å²) in [7, 11) is 1.58. The Bertz CT molecular complexity index is 815. The molecule has 0 aliphatic carbocycles. The molecule has 26 heavy (non-hydrogen) atoms. The van der Waals surface area contributed by atoms with Gasteiger partial charge in [0.2, 0.25) is 5.91 Å². The van der Waals surface area contributed by atoms with Crippen LogP contribution in [0.5, 0.6) is 11.5 Å². The lowest BCUT2D eigenvalue weighted by molar-refractivity contribution is -0.126. The Morgan fingerprint density at radius 1 is 1.42 bits per heavy atom. The third-order valence-electron chi connectivity index (χ3n) is 4.24. The van der Waals surface area contributed by atoms with Crippen LogP contribution in [-0.2, 0) is 17.8 Å². The van der Waals surface area contributed by atoms with E-state index in [2.05, 4.69) is 11.4 Å². The minimum Gasteiger partial charge on any atom is -0.493 e. The first kappa shape index (κ1) is 18.8. The van der Waals surface area contributed by atoms with Crippen molar-refractivity contribution < 1.29 is 14.3 Å². The number of nitrogens with zero attached hydrogens (tertiary/aromatic N) is 1. The predicted molar refractivity (Wildman–Crippen MR) is 106 cm³/mol. The Labute approximate surface area is 163 Å². The first-order chi connectivity index (χ1) is 12.6. The molecule has 0 radical (unpaired) electrons. The van der Waals surface area contributed by atoms with E-state index in [0.29, 0.717) is 29.7 Å². The van der Waals surface area contributed by atoms with Crippen LogP contribution in [0.25, 0.3) is 6.08 Å². The van der Waals surface area contributed by atoms with E-state index in [9.17, 15) is 4.79 Å². The molecule has 3 rings (SSSR count).